The van der Waals surface area contributed by atoms with Crippen LogP contribution in [0.3, 0.4) is 0 Å². The van der Waals surface area contributed by atoms with E-state index in [0.717, 1.165) is 28.5 Å². The maximum atomic E-state index is 11.3. The van der Waals surface area contributed by atoms with Gasteiger partial charge in [-0.05, 0) is 30.4 Å². The summed E-state index contributed by atoms with van der Waals surface area (Å²) in [5.41, 5.74) is 5.96. The Labute approximate surface area is 123 Å². The molecule has 1 aromatic rings. The van der Waals surface area contributed by atoms with Crippen molar-refractivity contribution < 1.29 is 9.21 Å². The third-order valence-corrected chi connectivity index (χ3v) is 3.61. The van der Waals surface area contributed by atoms with E-state index in [4.69, 9.17) is 4.42 Å². The van der Waals surface area contributed by atoms with Gasteiger partial charge < -0.3 is 14.6 Å². The smallest absolute Gasteiger partial charge is 0.221 e. The lowest BCUT2D eigenvalue weighted by Gasteiger charge is -2.18. The molecular weight excluding hydrogens is 264 g/mol. The van der Waals surface area contributed by atoms with Crippen LogP contribution in [0.2, 0.25) is 0 Å². The molecule has 0 unspecified atom stereocenters. The molecule has 0 radical (unpaired) electrons. The van der Waals surface area contributed by atoms with E-state index in [-0.39, 0.29) is 5.91 Å². The third-order valence-electron chi connectivity index (χ3n) is 3.61. The maximum Gasteiger partial charge on any atom is 0.221 e. The van der Waals surface area contributed by atoms with Crippen LogP contribution in [-0.4, -0.2) is 24.9 Å². The van der Waals surface area contributed by atoms with Crippen molar-refractivity contribution >= 4 is 24.1 Å². The van der Waals surface area contributed by atoms with Crippen molar-refractivity contribution in [2.45, 2.75) is 13.3 Å². The average molecular weight is 282 g/mol. The van der Waals surface area contributed by atoms with Gasteiger partial charge in [0.15, 0.2) is 0 Å². The molecule has 108 valence electrons. The molecule has 0 fully saturated rings. The Morgan fingerprint density at radius 2 is 2.05 bits per heavy atom. The van der Waals surface area contributed by atoms with E-state index in [9.17, 15) is 4.79 Å². The molecule has 0 bridgehead atoms. The highest BCUT2D eigenvalue weighted by atomic mass is 16.3. The number of hydrogen-bond acceptors (Lipinski definition) is 3. The van der Waals surface area contributed by atoms with E-state index in [1.54, 1.807) is 0 Å². The van der Waals surface area contributed by atoms with Gasteiger partial charge >= 0.3 is 0 Å². The molecule has 3 rings (SSSR count). The quantitative estimate of drug-likeness (QED) is 0.876. The molecule has 0 atom stereocenters. The van der Waals surface area contributed by atoms with Crippen LogP contribution in [0.25, 0.3) is 18.2 Å². The monoisotopic (exact) mass is 282 g/mol. The summed E-state index contributed by atoms with van der Waals surface area (Å²) in [4.78, 5) is 13.4. The number of likely N-dealkylation sites (N-methyl/N-ethyl adjacent to an activating group) is 1. The van der Waals surface area contributed by atoms with E-state index in [0.29, 0.717) is 0 Å². The van der Waals surface area contributed by atoms with Crippen LogP contribution in [0, 0.1) is 0 Å². The number of carbonyl (C=O) groups excluding carboxylic acids is 1. The molecule has 1 N–H and O–H groups in total. The molecule has 0 saturated carbocycles. The number of furan rings is 1. The molecular formula is C17H18N2O2. The first kappa shape index (κ1) is 13.5. The first-order chi connectivity index (χ1) is 10.0. The van der Waals surface area contributed by atoms with Gasteiger partial charge in [0, 0.05) is 50.0 Å². The molecule has 2 aliphatic rings. The standard InChI is InChI=1S/C17H18N2O2/c1-11(20)18-12-5-4-6-16-14(9-12)15-10-13(19(2)3)7-8-17(15)21-16/h4-9H,10H2,1-3H3,(H,18,20). The summed E-state index contributed by atoms with van der Waals surface area (Å²) < 4.78 is 5.91. The summed E-state index contributed by atoms with van der Waals surface area (Å²) in [6.07, 6.45) is 12.6. The topological polar surface area (TPSA) is 45.5 Å². The fourth-order valence-corrected chi connectivity index (χ4v) is 2.56. The highest BCUT2D eigenvalue weighted by Gasteiger charge is 2.17. The zero-order valence-corrected chi connectivity index (χ0v) is 12.4. The van der Waals surface area contributed by atoms with Crippen LogP contribution in [0.1, 0.15) is 18.1 Å². The van der Waals surface area contributed by atoms with Gasteiger partial charge in [-0.15, -0.1) is 0 Å². The van der Waals surface area contributed by atoms with Gasteiger partial charge in [-0.1, -0.05) is 6.08 Å². The zero-order chi connectivity index (χ0) is 15.0. The molecule has 2 aliphatic carbocycles. The highest BCUT2D eigenvalue weighted by Crippen LogP contribution is 2.17. The fraction of sp³-hybridized carbons (Fsp3) is 0.235. The van der Waals surface area contributed by atoms with Crippen LogP contribution >= 0.6 is 0 Å². The Kier molecular flexibility index (Phi) is 3.29. The van der Waals surface area contributed by atoms with Crippen molar-refractivity contribution in [2.24, 2.45) is 0 Å². The average Bonchev–Trinajstić information content (AvgIpc) is 2.63. The lowest BCUT2D eigenvalue weighted by atomic mass is 10.0. The number of hydrogen-bond donors (Lipinski definition) is 1. The molecule has 0 spiro atoms. The van der Waals surface area contributed by atoms with Crippen molar-refractivity contribution in [3.8, 4) is 0 Å². The summed E-state index contributed by atoms with van der Waals surface area (Å²) in [6, 6.07) is 0. The Morgan fingerprint density at radius 3 is 2.76 bits per heavy atom. The van der Waals surface area contributed by atoms with Crippen molar-refractivity contribution in [1.82, 2.24) is 10.2 Å². The second-order valence-electron chi connectivity index (χ2n) is 5.43. The van der Waals surface area contributed by atoms with Gasteiger partial charge in [0.25, 0.3) is 0 Å². The van der Waals surface area contributed by atoms with Crippen LogP contribution in [-0.2, 0) is 11.2 Å². The molecule has 4 heteroatoms. The number of amides is 1. The third kappa shape index (κ3) is 2.57. The molecule has 1 aromatic heterocycles. The Morgan fingerprint density at radius 1 is 1.24 bits per heavy atom. The predicted molar refractivity (Wildman–Crippen MR) is 83.3 cm³/mol. The summed E-state index contributed by atoms with van der Waals surface area (Å²) in [5, 5.41) is 2.83. The fourth-order valence-electron chi connectivity index (χ4n) is 2.56. The Balaban J connectivity index is 2.09. The van der Waals surface area contributed by atoms with E-state index in [1.807, 2.05) is 44.5 Å². The normalized spacial score (nSPS) is 15.6. The van der Waals surface area contributed by atoms with Crippen LogP contribution in [0.5, 0.6) is 0 Å². The van der Waals surface area contributed by atoms with Crippen molar-refractivity contribution in [3.63, 3.8) is 0 Å². The van der Waals surface area contributed by atoms with Gasteiger partial charge in [0.2, 0.25) is 5.91 Å². The molecule has 21 heavy (non-hydrogen) atoms. The van der Waals surface area contributed by atoms with Gasteiger partial charge in [0.05, 0.1) is 0 Å². The summed E-state index contributed by atoms with van der Waals surface area (Å²) in [6.45, 7) is 1.51. The lowest BCUT2D eigenvalue weighted by molar-refractivity contribution is -0.118. The van der Waals surface area contributed by atoms with Crippen molar-refractivity contribution in [1.29, 1.82) is 0 Å². The molecule has 0 saturated heterocycles. The van der Waals surface area contributed by atoms with Crippen molar-refractivity contribution in [2.75, 3.05) is 14.1 Å². The minimum atomic E-state index is -0.0767. The molecule has 1 heterocycles. The minimum Gasteiger partial charge on any atom is -0.456 e. The maximum absolute atomic E-state index is 11.3. The number of fused-ring (bicyclic) bond motifs is 3. The largest absolute Gasteiger partial charge is 0.456 e. The second kappa shape index (κ2) is 5.13. The van der Waals surface area contributed by atoms with Crippen LogP contribution in [0.4, 0.5) is 0 Å². The summed E-state index contributed by atoms with van der Waals surface area (Å²) >= 11 is 0. The van der Waals surface area contributed by atoms with E-state index in [2.05, 4.69) is 16.3 Å². The van der Waals surface area contributed by atoms with Crippen LogP contribution in [0.15, 0.2) is 34.0 Å². The molecule has 0 aromatic carbocycles. The number of carbonyl (C=O) groups is 1. The zero-order valence-electron chi connectivity index (χ0n) is 12.4. The predicted octanol–water partition coefficient (Wildman–Crippen LogP) is 0.889. The molecule has 1 amide bonds. The van der Waals surface area contributed by atoms with E-state index < -0.39 is 0 Å². The van der Waals surface area contributed by atoms with E-state index in [1.165, 1.54) is 18.2 Å². The number of allylic oxidation sites excluding steroid dienone is 4. The minimum absolute atomic E-state index is 0.0767. The second-order valence-corrected chi connectivity index (χ2v) is 5.43. The molecule has 0 aliphatic heterocycles. The number of rotatable bonds is 2. The van der Waals surface area contributed by atoms with E-state index >= 15 is 0 Å². The SMILES string of the molecule is CC(=O)NC1=Cc2c3c(oc2=CC=C1)=CC=C(N(C)C)C3. The van der Waals surface area contributed by atoms with Gasteiger partial charge in [-0.25, -0.2) is 0 Å². The lowest BCUT2D eigenvalue weighted by Crippen LogP contribution is -2.20. The number of nitrogens with one attached hydrogen (secondary N) is 1. The van der Waals surface area contributed by atoms with Gasteiger partial charge in [0.1, 0.15) is 10.8 Å². The summed E-state index contributed by atoms with van der Waals surface area (Å²) in [5.74, 6) is -0.0767. The Hall–Kier alpha value is -2.49. The first-order valence-electron chi connectivity index (χ1n) is 6.92. The highest BCUT2D eigenvalue weighted by molar-refractivity contribution is 5.78. The first-order valence-corrected chi connectivity index (χ1v) is 6.92. The Bertz CT molecular complexity index is 805. The molecule has 4 nitrogen and oxygen atoms in total. The van der Waals surface area contributed by atoms with Gasteiger partial charge in [-0.2, -0.15) is 0 Å². The van der Waals surface area contributed by atoms with Gasteiger partial charge in [-0.3, -0.25) is 4.79 Å². The van der Waals surface area contributed by atoms with Crippen LogP contribution < -0.4 is 16.1 Å². The summed E-state index contributed by atoms with van der Waals surface area (Å²) in [7, 11) is 4.07. The van der Waals surface area contributed by atoms with Crippen molar-refractivity contribution in [3.05, 3.63) is 51.6 Å². The number of nitrogens with zero attached hydrogens (tertiary/aromatic N) is 1.